The molecule has 1 heterocycles. The van der Waals surface area contributed by atoms with Gasteiger partial charge in [-0.15, -0.1) is 0 Å². The molecule has 0 fully saturated rings. The van der Waals surface area contributed by atoms with Gasteiger partial charge in [-0.05, 0) is 27.7 Å². The van der Waals surface area contributed by atoms with Crippen molar-refractivity contribution in [3.63, 3.8) is 0 Å². The molecule has 8 bridgehead atoms. The lowest BCUT2D eigenvalue weighted by atomic mass is 10.0. The van der Waals surface area contributed by atoms with Crippen LogP contribution in [0.4, 0.5) is 0 Å². The van der Waals surface area contributed by atoms with Gasteiger partial charge in [-0.3, -0.25) is 0 Å². The summed E-state index contributed by atoms with van der Waals surface area (Å²) < 4.78 is 48.8. The van der Waals surface area contributed by atoms with Gasteiger partial charge in [-0.25, -0.2) is 0 Å². The lowest BCUT2D eigenvalue weighted by Crippen LogP contribution is -2.07. The van der Waals surface area contributed by atoms with Crippen LogP contribution in [0.5, 0.6) is 23.0 Å². The molecule has 0 unspecified atom stereocenters. The Bertz CT molecular complexity index is 1370. The van der Waals surface area contributed by atoms with E-state index in [4.69, 9.17) is 37.9 Å². The molecule has 0 radical (unpaired) electrons. The summed E-state index contributed by atoms with van der Waals surface area (Å²) in [6.07, 6.45) is 0. The third-order valence-electron chi connectivity index (χ3n) is 8.43. The maximum Gasteiger partial charge on any atom is 0.129 e. The molecule has 8 nitrogen and oxygen atoms in total. The molecular weight excluding hydrogens is 608 g/mol. The second-order valence-electron chi connectivity index (χ2n) is 12.4. The van der Waals surface area contributed by atoms with E-state index in [9.17, 15) is 0 Å². The Morgan fingerprint density at radius 3 is 0.583 bits per heavy atom. The Morgan fingerprint density at radius 2 is 0.458 bits per heavy atom. The van der Waals surface area contributed by atoms with Crippen molar-refractivity contribution in [1.29, 1.82) is 0 Å². The largest absolute Gasteiger partial charge is 0.496 e. The normalized spacial score (nSPS) is 14.5. The van der Waals surface area contributed by atoms with Crippen LogP contribution >= 0.6 is 0 Å². The molecular formula is C40H48O8. The van der Waals surface area contributed by atoms with Crippen LogP contribution < -0.4 is 18.9 Å². The van der Waals surface area contributed by atoms with Crippen molar-refractivity contribution in [2.45, 2.75) is 80.6 Å². The van der Waals surface area contributed by atoms with E-state index in [-0.39, 0.29) is 0 Å². The molecule has 0 spiro atoms. The van der Waals surface area contributed by atoms with Gasteiger partial charge in [0.05, 0.1) is 81.3 Å². The molecule has 0 atom stereocenters. The first-order valence-corrected chi connectivity index (χ1v) is 16.2. The van der Waals surface area contributed by atoms with Crippen molar-refractivity contribution in [2.75, 3.05) is 28.4 Å². The van der Waals surface area contributed by atoms with Gasteiger partial charge in [0, 0.05) is 44.5 Å². The SMILES string of the molecule is COc1c2cc(C)cc1COCc1cc(C)cc(c1OC)COCc1cc(C)cc(c1OC)COCc1cc(C)cc(c1OC)COC2. The topological polar surface area (TPSA) is 73.8 Å². The van der Waals surface area contributed by atoms with Crippen molar-refractivity contribution < 1.29 is 37.9 Å². The summed E-state index contributed by atoms with van der Waals surface area (Å²) >= 11 is 0. The smallest absolute Gasteiger partial charge is 0.129 e. The molecule has 0 saturated heterocycles. The summed E-state index contributed by atoms with van der Waals surface area (Å²) in [6, 6.07) is 16.8. The van der Waals surface area contributed by atoms with Gasteiger partial charge in [-0.1, -0.05) is 70.8 Å². The molecule has 0 amide bonds. The van der Waals surface area contributed by atoms with Crippen LogP contribution in [0.1, 0.15) is 66.8 Å². The van der Waals surface area contributed by atoms with E-state index in [1.165, 1.54) is 0 Å². The van der Waals surface area contributed by atoms with Gasteiger partial charge >= 0.3 is 0 Å². The third kappa shape index (κ3) is 8.31. The number of benzene rings is 4. The summed E-state index contributed by atoms with van der Waals surface area (Å²) in [5, 5.41) is 0. The van der Waals surface area contributed by atoms with Crippen LogP contribution in [0.2, 0.25) is 0 Å². The van der Waals surface area contributed by atoms with Gasteiger partial charge in [0.1, 0.15) is 23.0 Å². The Balaban J connectivity index is 1.51. The molecule has 4 aromatic carbocycles. The van der Waals surface area contributed by atoms with Gasteiger partial charge in [-0.2, -0.15) is 0 Å². The minimum atomic E-state index is 0.366. The highest BCUT2D eigenvalue weighted by Gasteiger charge is 2.18. The van der Waals surface area contributed by atoms with E-state index in [1.807, 2.05) is 0 Å². The number of rotatable bonds is 4. The average molecular weight is 657 g/mol. The van der Waals surface area contributed by atoms with Crippen LogP contribution in [0.3, 0.4) is 0 Å². The van der Waals surface area contributed by atoms with E-state index >= 15 is 0 Å². The maximum atomic E-state index is 6.30. The van der Waals surface area contributed by atoms with Crippen LogP contribution in [0.25, 0.3) is 0 Å². The fourth-order valence-corrected chi connectivity index (χ4v) is 6.70. The predicted octanol–water partition coefficient (Wildman–Crippen LogP) is 8.14. The Labute approximate surface area is 284 Å². The zero-order valence-electron chi connectivity index (χ0n) is 29.5. The highest BCUT2D eigenvalue weighted by molar-refractivity contribution is 5.47. The van der Waals surface area contributed by atoms with Crippen LogP contribution in [-0.2, 0) is 71.8 Å². The molecule has 0 aliphatic carbocycles. The first-order valence-electron chi connectivity index (χ1n) is 16.2. The Morgan fingerprint density at radius 1 is 0.312 bits per heavy atom. The zero-order chi connectivity index (χ0) is 34.2. The molecule has 4 aromatic rings. The van der Waals surface area contributed by atoms with Crippen molar-refractivity contribution in [1.82, 2.24) is 0 Å². The monoisotopic (exact) mass is 656 g/mol. The molecule has 5 rings (SSSR count). The Kier molecular flexibility index (Phi) is 12.0. The Hall–Kier alpha value is -4.08. The lowest BCUT2D eigenvalue weighted by molar-refractivity contribution is 0.0926. The summed E-state index contributed by atoms with van der Waals surface area (Å²) in [5.41, 5.74) is 12.1. The fourth-order valence-electron chi connectivity index (χ4n) is 6.70. The van der Waals surface area contributed by atoms with E-state index in [1.54, 1.807) is 28.4 Å². The van der Waals surface area contributed by atoms with Gasteiger partial charge in [0.25, 0.3) is 0 Å². The van der Waals surface area contributed by atoms with E-state index in [0.717, 1.165) is 89.8 Å². The summed E-state index contributed by atoms with van der Waals surface area (Å²) in [6.45, 7) is 11.2. The second-order valence-corrected chi connectivity index (χ2v) is 12.4. The molecule has 0 aromatic heterocycles. The van der Waals surface area contributed by atoms with Gasteiger partial charge < -0.3 is 37.9 Å². The highest BCUT2D eigenvalue weighted by Crippen LogP contribution is 2.34. The number of fused-ring (bicyclic) bond motifs is 8. The van der Waals surface area contributed by atoms with Crippen LogP contribution in [0, 0.1) is 27.7 Å². The number of methoxy groups -OCH3 is 4. The summed E-state index contributed by atoms with van der Waals surface area (Å²) in [4.78, 5) is 0. The molecule has 256 valence electrons. The third-order valence-corrected chi connectivity index (χ3v) is 8.43. The van der Waals surface area contributed by atoms with Crippen LogP contribution in [0.15, 0.2) is 48.5 Å². The maximum absolute atomic E-state index is 6.30. The lowest BCUT2D eigenvalue weighted by Gasteiger charge is -2.19. The minimum absolute atomic E-state index is 0.366. The zero-order valence-corrected chi connectivity index (χ0v) is 29.5. The van der Waals surface area contributed by atoms with Gasteiger partial charge in [0.15, 0.2) is 0 Å². The molecule has 48 heavy (non-hydrogen) atoms. The van der Waals surface area contributed by atoms with E-state index in [2.05, 4.69) is 76.2 Å². The molecule has 0 saturated carbocycles. The number of aryl methyl sites for hydroxylation is 4. The van der Waals surface area contributed by atoms with E-state index < -0.39 is 0 Å². The van der Waals surface area contributed by atoms with Crippen LogP contribution in [-0.4, -0.2) is 28.4 Å². The minimum Gasteiger partial charge on any atom is -0.496 e. The standard InChI is InChI=1S/C40H48O8/c1-25-9-29-17-45-19-31-11-26(2)13-33(38(31)42-6)21-47-23-35-15-28(4)16-36(40(35)44-8)24-48-22-34-14-27(3)12-32(39(34)43-7)20-46-18-30(10-25)37(29)41-5/h9-16H,17-24H2,1-8H3. The van der Waals surface area contributed by atoms with Gasteiger partial charge in [0.2, 0.25) is 0 Å². The molecule has 0 N–H and O–H groups in total. The van der Waals surface area contributed by atoms with Crippen molar-refractivity contribution >= 4 is 0 Å². The predicted molar refractivity (Wildman–Crippen MR) is 185 cm³/mol. The van der Waals surface area contributed by atoms with Crippen molar-refractivity contribution in [3.8, 4) is 23.0 Å². The summed E-state index contributed by atoms with van der Waals surface area (Å²) in [5.74, 6) is 3.05. The number of hydrogen-bond acceptors (Lipinski definition) is 8. The first kappa shape index (κ1) is 35.2. The first-order chi connectivity index (χ1) is 23.2. The number of ether oxygens (including phenoxy) is 8. The molecule has 8 heteroatoms. The van der Waals surface area contributed by atoms with Crippen molar-refractivity contribution in [2.24, 2.45) is 0 Å². The molecule has 1 aliphatic heterocycles. The average Bonchev–Trinajstić information content (AvgIpc) is 3.04. The quantitative estimate of drug-likeness (QED) is 0.218. The highest BCUT2D eigenvalue weighted by atomic mass is 16.5. The molecule has 1 aliphatic rings. The van der Waals surface area contributed by atoms with Crippen molar-refractivity contribution in [3.05, 3.63) is 115 Å². The van der Waals surface area contributed by atoms with E-state index in [0.29, 0.717) is 52.9 Å². The summed E-state index contributed by atoms with van der Waals surface area (Å²) in [7, 11) is 6.74. The fraction of sp³-hybridized carbons (Fsp3) is 0.400. The number of hydrogen-bond donors (Lipinski definition) is 0. The second kappa shape index (κ2) is 16.3.